The Morgan fingerprint density at radius 1 is 1.19 bits per heavy atom. The standard InChI is InChI=1S/C21H24N4OS/c26-20-18-15(7-8-16-5-3-13-27-16)9-11-22-19(18)23-21(24-20)25-12-10-14-4-1-2-6-17(14)25/h1-8,13,15,18-19,21-23H,9-12H2,(H,24,26)/b8-7+. The van der Waals surface area contributed by atoms with Crippen molar-refractivity contribution in [2.24, 2.45) is 11.8 Å². The van der Waals surface area contributed by atoms with E-state index in [1.165, 1.54) is 16.1 Å². The summed E-state index contributed by atoms with van der Waals surface area (Å²) >= 11 is 1.73. The summed E-state index contributed by atoms with van der Waals surface area (Å²) in [4.78, 5) is 16.5. The molecule has 3 N–H and O–H groups in total. The number of amides is 1. The van der Waals surface area contributed by atoms with E-state index in [9.17, 15) is 4.79 Å². The first-order chi connectivity index (χ1) is 13.3. The SMILES string of the molecule is O=C1NC(N2CCc3ccccc32)NC2NCCC(/C=C/c3cccs3)C12. The van der Waals surface area contributed by atoms with Crippen LogP contribution in [-0.4, -0.2) is 31.5 Å². The zero-order chi connectivity index (χ0) is 18.2. The highest BCUT2D eigenvalue weighted by Crippen LogP contribution is 2.32. The first kappa shape index (κ1) is 17.0. The number of fused-ring (bicyclic) bond motifs is 2. The van der Waals surface area contributed by atoms with E-state index in [-0.39, 0.29) is 30.2 Å². The molecule has 1 aromatic carbocycles. The lowest BCUT2D eigenvalue weighted by Gasteiger charge is -2.46. The van der Waals surface area contributed by atoms with Crippen LogP contribution in [0.15, 0.2) is 47.9 Å². The average Bonchev–Trinajstić information content (AvgIpc) is 3.35. The van der Waals surface area contributed by atoms with Gasteiger partial charge in [0.05, 0.1) is 12.1 Å². The van der Waals surface area contributed by atoms with Gasteiger partial charge in [-0.15, -0.1) is 11.3 Å². The lowest BCUT2D eigenvalue weighted by atomic mass is 9.81. The lowest BCUT2D eigenvalue weighted by molar-refractivity contribution is -0.132. The fourth-order valence-corrected chi connectivity index (χ4v) is 5.16. The second kappa shape index (κ2) is 7.11. The van der Waals surface area contributed by atoms with Crippen LogP contribution in [0.2, 0.25) is 0 Å². The van der Waals surface area contributed by atoms with Crippen molar-refractivity contribution in [1.29, 1.82) is 0 Å². The van der Waals surface area contributed by atoms with Gasteiger partial charge in [0.25, 0.3) is 0 Å². The molecule has 4 heterocycles. The molecule has 3 aliphatic heterocycles. The third-order valence-corrected chi connectivity index (χ3v) is 6.70. The number of hydrogen-bond acceptors (Lipinski definition) is 5. The fraction of sp³-hybridized carbons (Fsp3) is 0.381. The number of para-hydroxylation sites is 1. The molecule has 0 aliphatic carbocycles. The van der Waals surface area contributed by atoms with Crippen molar-refractivity contribution in [2.45, 2.75) is 25.3 Å². The van der Waals surface area contributed by atoms with Gasteiger partial charge in [-0.1, -0.05) is 30.3 Å². The molecule has 0 spiro atoms. The molecule has 1 aromatic heterocycles. The normalized spacial score (nSPS) is 30.2. The number of rotatable bonds is 3. The monoisotopic (exact) mass is 380 g/mol. The maximum absolute atomic E-state index is 13.0. The number of nitrogens with zero attached hydrogens (tertiary/aromatic N) is 1. The Kier molecular flexibility index (Phi) is 4.47. The second-order valence-corrected chi connectivity index (χ2v) is 8.41. The highest BCUT2D eigenvalue weighted by atomic mass is 32.1. The largest absolute Gasteiger partial charge is 0.338 e. The number of allylic oxidation sites excluding steroid dienone is 1. The van der Waals surface area contributed by atoms with E-state index in [1.807, 2.05) is 0 Å². The summed E-state index contributed by atoms with van der Waals surface area (Å²) in [6, 6.07) is 12.6. The number of thiophene rings is 1. The van der Waals surface area contributed by atoms with Gasteiger partial charge in [0.1, 0.15) is 0 Å². The Labute approximate surface area is 163 Å². The molecule has 5 nitrogen and oxygen atoms in total. The summed E-state index contributed by atoms with van der Waals surface area (Å²) in [6.45, 7) is 1.85. The van der Waals surface area contributed by atoms with E-state index in [4.69, 9.17) is 0 Å². The van der Waals surface area contributed by atoms with E-state index in [2.05, 4.69) is 74.8 Å². The van der Waals surface area contributed by atoms with Crippen LogP contribution in [0, 0.1) is 11.8 Å². The van der Waals surface area contributed by atoms with E-state index < -0.39 is 0 Å². The van der Waals surface area contributed by atoms with E-state index in [0.29, 0.717) is 0 Å². The first-order valence-electron chi connectivity index (χ1n) is 9.66. The Hall–Kier alpha value is -2.15. The van der Waals surface area contributed by atoms with Crippen molar-refractivity contribution in [3.63, 3.8) is 0 Å². The van der Waals surface area contributed by atoms with Crippen LogP contribution in [0.25, 0.3) is 6.08 Å². The molecule has 5 rings (SSSR count). The van der Waals surface area contributed by atoms with Crippen molar-refractivity contribution in [1.82, 2.24) is 16.0 Å². The lowest BCUT2D eigenvalue weighted by Crippen LogP contribution is -2.72. The average molecular weight is 381 g/mol. The maximum atomic E-state index is 13.0. The minimum atomic E-state index is -0.157. The van der Waals surface area contributed by atoms with Gasteiger partial charge in [-0.05, 0) is 54.5 Å². The minimum Gasteiger partial charge on any atom is -0.338 e. The van der Waals surface area contributed by atoms with Gasteiger partial charge < -0.3 is 15.5 Å². The van der Waals surface area contributed by atoms with Crippen LogP contribution >= 0.6 is 11.3 Å². The molecular weight excluding hydrogens is 356 g/mol. The van der Waals surface area contributed by atoms with Crippen LogP contribution in [0.1, 0.15) is 16.9 Å². The molecule has 4 unspecified atom stereocenters. The van der Waals surface area contributed by atoms with Crippen molar-refractivity contribution < 1.29 is 4.79 Å². The number of benzene rings is 1. The molecule has 3 aliphatic rings. The summed E-state index contributed by atoms with van der Waals surface area (Å²) in [6.07, 6.45) is 6.23. The molecule has 6 heteroatoms. The predicted octanol–water partition coefficient (Wildman–Crippen LogP) is 2.38. The Morgan fingerprint density at radius 3 is 3.00 bits per heavy atom. The summed E-state index contributed by atoms with van der Waals surface area (Å²) in [5.41, 5.74) is 2.57. The van der Waals surface area contributed by atoms with E-state index >= 15 is 0 Å². The summed E-state index contributed by atoms with van der Waals surface area (Å²) in [5.74, 6) is 0.308. The number of carbonyl (C=O) groups is 1. The number of nitrogens with one attached hydrogen (secondary N) is 3. The van der Waals surface area contributed by atoms with E-state index in [0.717, 1.165) is 25.9 Å². The van der Waals surface area contributed by atoms with Gasteiger partial charge in [-0.2, -0.15) is 0 Å². The number of hydrogen-bond donors (Lipinski definition) is 3. The van der Waals surface area contributed by atoms with Crippen molar-refractivity contribution in [2.75, 3.05) is 18.0 Å². The number of carbonyl (C=O) groups excluding carboxylic acids is 1. The van der Waals surface area contributed by atoms with Crippen molar-refractivity contribution in [3.05, 3.63) is 58.3 Å². The predicted molar refractivity (Wildman–Crippen MR) is 109 cm³/mol. The topological polar surface area (TPSA) is 56.4 Å². The van der Waals surface area contributed by atoms with Gasteiger partial charge >= 0.3 is 0 Å². The molecule has 1 amide bonds. The van der Waals surface area contributed by atoms with Gasteiger partial charge in [0.2, 0.25) is 5.91 Å². The number of piperidine rings is 1. The smallest absolute Gasteiger partial charge is 0.229 e. The molecule has 0 bridgehead atoms. The zero-order valence-electron chi connectivity index (χ0n) is 15.1. The van der Waals surface area contributed by atoms with Crippen LogP contribution in [-0.2, 0) is 11.2 Å². The third kappa shape index (κ3) is 3.18. The molecular formula is C21H24N4OS. The third-order valence-electron chi connectivity index (χ3n) is 5.87. The first-order valence-corrected chi connectivity index (χ1v) is 10.5. The Morgan fingerprint density at radius 2 is 2.11 bits per heavy atom. The Balaban J connectivity index is 1.33. The molecule has 140 valence electrons. The van der Waals surface area contributed by atoms with Crippen LogP contribution in [0.4, 0.5) is 5.69 Å². The van der Waals surface area contributed by atoms with E-state index in [1.54, 1.807) is 11.3 Å². The van der Waals surface area contributed by atoms with Gasteiger partial charge in [-0.3, -0.25) is 10.1 Å². The molecule has 4 atom stereocenters. The molecule has 0 saturated carbocycles. The summed E-state index contributed by atoms with van der Waals surface area (Å²) in [7, 11) is 0. The zero-order valence-corrected chi connectivity index (χ0v) is 15.9. The van der Waals surface area contributed by atoms with Gasteiger partial charge in [-0.25, -0.2) is 0 Å². The summed E-state index contributed by atoms with van der Waals surface area (Å²) < 4.78 is 0. The minimum absolute atomic E-state index is 0.00301. The van der Waals surface area contributed by atoms with Gasteiger partial charge in [0.15, 0.2) is 6.29 Å². The maximum Gasteiger partial charge on any atom is 0.229 e. The number of anilines is 1. The molecule has 27 heavy (non-hydrogen) atoms. The fourth-order valence-electron chi connectivity index (χ4n) is 4.53. The molecule has 2 saturated heterocycles. The van der Waals surface area contributed by atoms with Crippen molar-refractivity contribution in [3.8, 4) is 0 Å². The quantitative estimate of drug-likeness (QED) is 0.765. The molecule has 2 fully saturated rings. The van der Waals surface area contributed by atoms with Crippen LogP contribution in [0.3, 0.4) is 0 Å². The molecule has 2 aromatic rings. The second-order valence-electron chi connectivity index (χ2n) is 7.43. The Bertz CT molecular complexity index is 850. The highest BCUT2D eigenvalue weighted by molar-refractivity contribution is 7.10. The van der Waals surface area contributed by atoms with Gasteiger partial charge in [0, 0.05) is 17.1 Å². The molecule has 0 radical (unpaired) electrons. The van der Waals surface area contributed by atoms with Crippen LogP contribution in [0.5, 0.6) is 0 Å². The summed E-state index contributed by atoms with van der Waals surface area (Å²) in [5, 5.41) is 12.5. The van der Waals surface area contributed by atoms with Crippen molar-refractivity contribution >= 4 is 29.0 Å². The highest BCUT2D eigenvalue weighted by Gasteiger charge is 2.44. The van der Waals surface area contributed by atoms with Crippen LogP contribution < -0.4 is 20.9 Å².